The monoisotopic (exact) mass is 256 g/mol. The molecule has 0 bridgehead atoms. The summed E-state index contributed by atoms with van der Waals surface area (Å²) in [6.45, 7) is 0. The molecule has 3 aliphatic rings. The minimum Gasteiger partial charge on any atom is -0.392 e. The van der Waals surface area contributed by atoms with Gasteiger partial charge in [-0.1, -0.05) is 37.1 Å². The van der Waals surface area contributed by atoms with E-state index in [-0.39, 0.29) is 11.9 Å². The van der Waals surface area contributed by atoms with Gasteiger partial charge in [0.1, 0.15) is 5.41 Å². The molecule has 1 saturated heterocycles. The molecule has 1 heterocycles. The zero-order chi connectivity index (χ0) is 13.1. The highest BCUT2D eigenvalue weighted by molar-refractivity contribution is 6.06. The zero-order valence-corrected chi connectivity index (χ0v) is 10.8. The van der Waals surface area contributed by atoms with E-state index in [1.807, 2.05) is 18.2 Å². The number of aryl methyl sites for hydroxylation is 1. The van der Waals surface area contributed by atoms with Gasteiger partial charge in [0.2, 0.25) is 0 Å². The van der Waals surface area contributed by atoms with Crippen LogP contribution in [-0.2, 0) is 26.2 Å². The number of esters is 2. The Balaban J connectivity index is 2.04. The van der Waals surface area contributed by atoms with Gasteiger partial charge in [0.25, 0.3) is 0 Å². The molecule has 3 nitrogen and oxygen atoms in total. The third kappa shape index (κ3) is 1.10. The van der Waals surface area contributed by atoms with Crippen LogP contribution in [0.25, 0.3) is 0 Å². The maximum absolute atomic E-state index is 12.5. The van der Waals surface area contributed by atoms with Gasteiger partial charge in [0.05, 0.1) is 5.41 Å². The van der Waals surface area contributed by atoms with Gasteiger partial charge in [-0.15, -0.1) is 0 Å². The lowest BCUT2D eigenvalue weighted by Crippen LogP contribution is -2.53. The van der Waals surface area contributed by atoms with Crippen molar-refractivity contribution >= 4 is 11.9 Å². The summed E-state index contributed by atoms with van der Waals surface area (Å²) in [4.78, 5) is 24.8. The van der Waals surface area contributed by atoms with Crippen LogP contribution in [0.4, 0.5) is 0 Å². The van der Waals surface area contributed by atoms with Crippen LogP contribution in [-0.4, -0.2) is 11.9 Å². The van der Waals surface area contributed by atoms with Crippen molar-refractivity contribution in [3.8, 4) is 0 Å². The minimum absolute atomic E-state index is 0.272. The molecule has 0 spiro atoms. The summed E-state index contributed by atoms with van der Waals surface area (Å²) in [6, 6.07) is 8.08. The minimum atomic E-state index is -0.683. The molecule has 0 radical (unpaired) electrons. The molecule has 0 unspecified atom stereocenters. The molecular formula is C16H16O3. The Hall–Kier alpha value is -1.64. The first-order valence-electron chi connectivity index (χ1n) is 7.06. The van der Waals surface area contributed by atoms with Gasteiger partial charge in [-0.3, -0.25) is 9.59 Å². The first kappa shape index (κ1) is 11.2. The normalized spacial score (nSPS) is 36.2. The predicted octanol–water partition coefficient (Wildman–Crippen LogP) is 2.51. The van der Waals surface area contributed by atoms with Crippen LogP contribution in [0.15, 0.2) is 24.3 Å². The van der Waals surface area contributed by atoms with E-state index >= 15 is 0 Å². The smallest absolute Gasteiger partial charge is 0.325 e. The molecule has 1 aliphatic heterocycles. The summed E-state index contributed by atoms with van der Waals surface area (Å²) in [5, 5.41) is 0. The molecule has 3 heteroatoms. The van der Waals surface area contributed by atoms with Crippen LogP contribution in [0, 0.1) is 5.41 Å². The quantitative estimate of drug-likeness (QED) is 0.529. The highest BCUT2D eigenvalue weighted by atomic mass is 16.6. The van der Waals surface area contributed by atoms with E-state index in [1.54, 1.807) is 0 Å². The summed E-state index contributed by atoms with van der Waals surface area (Å²) in [5.74, 6) is -0.573. The number of carbonyl (C=O) groups is 2. The van der Waals surface area contributed by atoms with Gasteiger partial charge in [0.15, 0.2) is 0 Å². The molecule has 1 aromatic carbocycles. The lowest BCUT2D eigenvalue weighted by atomic mass is 9.49. The van der Waals surface area contributed by atoms with E-state index in [9.17, 15) is 9.59 Å². The van der Waals surface area contributed by atoms with E-state index in [0.29, 0.717) is 0 Å². The van der Waals surface area contributed by atoms with E-state index in [1.165, 1.54) is 5.56 Å². The zero-order valence-electron chi connectivity index (χ0n) is 10.8. The van der Waals surface area contributed by atoms with Gasteiger partial charge >= 0.3 is 11.9 Å². The first-order valence-corrected chi connectivity index (χ1v) is 7.06. The summed E-state index contributed by atoms with van der Waals surface area (Å²) < 4.78 is 5.12. The largest absolute Gasteiger partial charge is 0.392 e. The van der Waals surface area contributed by atoms with Crippen molar-refractivity contribution in [1.82, 2.24) is 0 Å². The van der Waals surface area contributed by atoms with Gasteiger partial charge < -0.3 is 4.74 Å². The van der Waals surface area contributed by atoms with Gasteiger partial charge in [-0.2, -0.15) is 0 Å². The van der Waals surface area contributed by atoms with Crippen molar-refractivity contribution in [2.45, 2.75) is 43.9 Å². The molecule has 0 N–H and O–H groups in total. The second kappa shape index (κ2) is 3.47. The van der Waals surface area contributed by atoms with Crippen molar-refractivity contribution in [3.63, 3.8) is 0 Å². The molecule has 2 fully saturated rings. The number of rotatable bonds is 0. The van der Waals surface area contributed by atoms with Crippen molar-refractivity contribution in [3.05, 3.63) is 35.4 Å². The predicted molar refractivity (Wildman–Crippen MR) is 68.4 cm³/mol. The molecule has 19 heavy (non-hydrogen) atoms. The molecule has 2 aliphatic carbocycles. The van der Waals surface area contributed by atoms with Gasteiger partial charge in [-0.25, -0.2) is 0 Å². The number of carbonyl (C=O) groups excluding carboxylic acids is 2. The van der Waals surface area contributed by atoms with Gasteiger partial charge in [-0.05, 0) is 36.8 Å². The number of fused-ring (bicyclic) bond motifs is 1. The Kier molecular flexibility index (Phi) is 2.05. The van der Waals surface area contributed by atoms with Crippen molar-refractivity contribution in [1.29, 1.82) is 0 Å². The molecule has 0 amide bonds. The number of benzene rings is 1. The first-order chi connectivity index (χ1) is 9.21. The molecular weight excluding hydrogens is 240 g/mol. The summed E-state index contributed by atoms with van der Waals surface area (Å²) in [6.07, 6.45) is 5.21. The Morgan fingerprint density at radius 1 is 0.947 bits per heavy atom. The summed E-state index contributed by atoms with van der Waals surface area (Å²) >= 11 is 0. The Bertz CT molecular complexity index is 591. The summed E-state index contributed by atoms with van der Waals surface area (Å²) in [7, 11) is 0. The maximum Gasteiger partial charge on any atom is 0.325 e. The molecule has 2 atom stereocenters. The Morgan fingerprint density at radius 2 is 1.74 bits per heavy atom. The molecule has 4 rings (SSSR count). The fraction of sp³-hybridized carbons (Fsp3) is 0.500. The third-order valence-corrected chi connectivity index (χ3v) is 5.45. The average molecular weight is 256 g/mol. The number of ether oxygens (including phenoxy) is 1. The number of hydrogen-bond acceptors (Lipinski definition) is 3. The van der Waals surface area contributed by atoms with E-state index < -0.39 is 10.8 Å². The second-order valence-corrected chi connectivity index (χ2v) is 6.03. The van der Waals surface area contributed by atoms with Crippen LogP contribution in [0.3, 0.4) is 0 Å². The second-order valence-electron chi connectivity index (χ2n) is 6.03. The Morgan fingerprint density at radius 3 is 2.63 bits per heavy atom. The molecule has 1 aromatic rings. The topological polar surface area (TPSA) is 43.4 Å². The van der Waals surface area contributed by atoms with E-state index in [0.717, 1.165) is 44.1 Å². The lowest BCUT2D eigenvalue weighted by Gasteiger charge is -2.48. The van der Waals surface area contributed by atoms with E-state index in [4.69, 9.17) is 4.74 Å². The van der Waals surface area contributed by atoms with Crippen LogP contribution in [0.5, 0.6) is 0 Å². The molecule has 1 saturated carbocycles. The fourth-order valence-electron chi connectivity index (χ4n) is 4.56. The third-order valence-electron chi connectivity index (χ3n) is 5.45. The van der Waals surface area contributed by atoms with E-state index in [2.05, 4.69) is 6.07 Å². The number of hydrogen-bond donors (Lipinski definition) is 0. The molecule has 98 valence electrons. The van der Waals surface area contributed by atoms with Crippen LogP contribution in [0.2, 0.25) is 0 Å². The van der Waals surface area contributed by atoms with Gasteiger partial charge in [0, 0.05) is 0 Å². The lowest BCUT2D eigenvalue weighted by molar-refractivity contribution is -0.155. The standard InChI is InChI=1S/C16H16O3/c17-13-15-8-3-4-9-16(15,14(18)19-13)12-6-2-1-5-11(12)7-10-15/h1-2,5-6H,3-4,7-10H2/t15-,16-/m0/s1. The number of cyclic esters (lactones) is 2. The SMILES string of the molecule is O=C1OC(=O)[C@@]23CCCC[C@]12CCc1ccccc13. The van der Waals surface area contributed by atoms with Crippen molar-refractivity contribution < 1.29 is 14.3 Å². The van der Waals surface area contributed by atoms with Crippen molar-refractivity contribution in [2.75, 3.05) is 0 Å². The molecule has 0 aromatic heterocycles. The fourth-order valence-corrected chi connectivity index (χ4v) is 4.56. The van der Waals surface area contributed by atoms with Crippen molar-refractivity contribution in [2.24, 2.45) is 5.41 Å². The van der Waals surface area contributed by atoms with Crippen LogP contribution < -0.4 is 0 Å². The highest BCUT2D eigenvalue weighted by Crippen LogP contribution is 2.62. The average Bonchev–Trinajstić information content (AvgIpc) is 2.69. The van der Waals surface area contributed by atoms with Crippen LogP contribution >= 0.6 is 0 Å². The maximum atomic E-state index is 12.5. The highest BCUT2D eigenvalue weighted by Gasteiger charge is 2.70. The van der Waals surface area contributed by atoms with Crippen LogP contribution in [0.1, 0.15) is 43.2 Å². The Labute approximate surface area is 111 Å². The summed E-state index contributed by atoms with van der Waals surface area (Å²) in [5.41, 5.74) is 1.01.